The Balaban J connectivity index is 2.30. The lowest BCUT2D eigenvalue weighted by Gasteiger charge is -2.28. The van der Waals surface area contributed by atoms with Crippen molar-refractivity contribution in [2.45, 2.75) is 54.7 Å². The molecule has 20 heavy (non-hydrogen) atoms. The molecule has 1 aliphatic carbocycles. The molecule has 0 spiro atoms. The van der Waals surface area contributed by atoms with Gasteiger partial charge in [-0.15, -0.1) is 0 Å². The molecule has 1 aliphatic rings. The van der Waals surface area contributed by atoms with Gasteiger partial charge in [-0.1, -0.05) is 25.7 Å². The van der Waals surface area contributed by atoms with Crippen LogP contribution >= 0.6 is 0 Å². The second kappa shape index (κ2) is 6.68. The van der Waals surface area contributed by atoms with Crippen LogP contribution in [0.1, 0.15) is 38.5 Å². The lowest BCUT2D eigenvalue weighted by atomic mass is 9.96. The van der Waals surface area contributed by atoms with Gasteiger partial charge in [-0.3, -0.25) is 0 Å². The molecule has 1 N–H and O–H groups in total. The number of hydrogen-bond donors (Lipinski definition) is 1. The molecule has 0 aromatic heterocycles. The van der Waals surface area contributed by atoms with Crippen LogP contribution in [-0.4, -0.2) is 26.8 Å². The summed E-state index contributed by atoms with van der Waals surface area (Å²) in [5, 5.41) is 2.74. The summed E-state index contributed by atoms with van der Waals surface area (Å²) in [6, 6.07) is 5.14. The Hall–Kier alpha value is -0.940. The van der Waals surface area contributed by atoms with Gasteiger partial charge in [-0.25, -0.2) is 12.8 Å². The van der Waals surface area contributed by atoms with Crippen molar-refractivity contribution in [2.75, 3.05) is 7.05 Å². The Morgan fingerprint density at radius 1 is 1.05 bits per heavy atom. The largest absolute Gasteiger partial charge is 0.316 e. The molecular formula is C15H22FNO2S. The van der Waals surface area contributed by atoms with Crippen molar-refractivity contribution in [3.63, 3.8) is 0 Å². The molecule has 3 nitrogen and oxygen atoms in total. The molecule has 1 fully saturated rings. The fraction of sp³-hybridized carbons (Fsp3) is 0.600. The highest BCUT2D eigenvalue weighted by atomic mass is 32.2. The number of sulfone groups is 1. The minimum Gasteiger partial charge on any atom is -0.316 e. The van der Waals surface area contributed by atoms with Gasteiger partial charge in [0, 0.05) is 6.04 Å². The van der Waals surface area contributed by atoms with Crippen LogP contribution in [-0.2, 0) is 9.84 Å². The zero-order valence-corrected chi connectivity index (χ0v) is 12.6. The molecule has 2 rings (SSSR count). The second-order valence-corrected chi connectivity index (χ2v) is 7.59. The first-order valence-corrected chi connectivity index (χ1v) is 8.77. The van der Waals surface area contributed by atoms with Gasteiger partial charge < -0.3 is 5.32 Å². The van der Waals surface area contributed by atoms with Crippen molar-refractivity contribution in [3.8, 4) is 0 Å². The number of nitrogens with one attached hydrogen (secondary N) is 1. The van der Waals surface area contributed by atoms with E-state index in [0.717, 1.165) is 25.7 Å². The molecule has 0 aliphatic heterocycles. The predicted molar refractivity (Wildman–Crippen MR) is 77.9 cm³/mol. The Kier molecular flexibility index (Phi) is 5.16. The topological polar surface area (TPSA) is 46.2 Å². The Labute approximate surface area is 120 Å². The molecule has 0 amide bonds. The predicted octanol–water partition coefficient (Wildman–Crippen LogP) is 2.91. The minimum absolute atomic E-state index is 0.0228. The molecule has 0 heterocycles. The van der Waals surface area contributed by atoms with E-state index in [1.165, 1.54) is 30.7 Å². The monoisotopic (exact) mass is 299 g/mol. The van der Waals surface area contributed by atoms with Crippen LogP contribution in [0.15, 0.2) is 29.2 Å². The number of benzene rings is 1. The third-order valence-electron chi connectivity index (χ3n) is 4.11. The van der Waals surface area contributed by atoms with Crippen molar-refractivity contribution in [3.05, 3.63) is 30.1 Å². The minimum atomic E-state index is -3.41. The zero-order valence-electron chi connectivity index (χ0n) is 11.8. The highest BCUT2D eigenvalue weighted by Crippen LogP contribution is 2.27. The first-order valence-electron chi connectivity index (χ1n) is 7.22. The van der Waals surface area contributed by atoms with Crippen molar-refractivity contribution >= 4 is 9.84 Å². The highest BCUT2D eigenvalue weighted by Gasteiger charge is 2.34. The van der Waals surface area contributed by atoms with Gasteiger partial charge >= 0.3 is 0 Å². The number of halogens is 1. The molecule has 1 saturated carbocycles. The van der Waals surface area contributed by atoms with Crippen LogP contribution in [0, 0.1) is 5.82 Å². The lowest BCUT2D eigenvalue weighted by Crippen LogP contribution is -2.43. The Morgan fingerprint density at radius 3 is 2.25 bits per heavy atom. The first-order chi connectivity index (χ1) is 9.55. The molecule has 0 bridgehead atoms. The third kappa shape index (κ3) is 3.38. The molecule has 1 aromatic carbocycles. The third-order valence-corrected chi connectivity index (χ3v) is 6.40. The number of rotatable bonds is 3. The fourth-order valence-corrected chi connectivity index (χ4v) is 5.00. The standard InChI is InChI=1S/C15H22FNO2S/c1-17-14-6-4-2-3-5-7-15(14)20(18,19)13-10-8-12(16)9-11-13/h8-11,14-15,17H,2-7H2,1H3. The van der Waals surface area contributed by atoms with Crippen molar-refractivity contribution in [1.82, 2.24) is 5.32 Å². The molecule has 5 heteroatoms. The van der Waals surface area contributed by atoms with Gasteiger partial charge in [0.15, 0.2) is 9.84 Å². The van der Waals surface area contributed by atoms with Crippen LogP contribution < -0.4 is 5.32 Å². The highest BCUT2D eigenvalue weighted by molar-refractivity contribution is 7.92. The Morgan fingerprint density at radius 2 is 1.65 bits per heavy atom. The molecular weight excluding hydrogens is 277 g/mol. The molecule has 1 aromatic rings. The van der Waals surface area contributed by atoms with E-state index in [1.807, 2.05) is 7.05 Å². The van der Waals surface area contributed by atoms with E-state index >= 15 is 0 Å². The second-order valence-electron chi connectivity index (χ2n) is 5.42. The van der Waals surface area contributed by atoms with Crippen molar-refractivity contribution in [1.29, 1.82) is 0 Å². The van der Waals surface area contributed by atoms with Gasteiger partial charge in [0.2, 0.25) is 0 Å². The summed E-state index contributed by atoms with van der Waals surface area (Å²) in [4.78, 5) is 0.227. The quantitative estimate of drug-likeness (QED) is 0.873. The normalized spacial score (nSPS) is 24.9. The van der Waals surface area contributed by atoms with E-state index in [2.05, 4.69) is 5.32 Å². The molecule has 2 unspecified atom stereocenters. The summed E-state index contributed by atoms with van der Waals surface area (Å²) in [5.41, 5.74) is 0. The molecule has 0 saturated heterocycles. The molecule has 112 valence electrons. The maximum Gasteiger partial charge on any atom is 0.182 e. The zero-order chi connectivity index (χ0) is 14.6. The Bertz CT molecular complexity index is 527. The molecule has 0 radical (unpaired) electrons. The van der Waals surface area contributed by atoms with E-state index in [1.54, 1.807) is 0 Å². The SMILES string of the molecule is CNC1CCCCCCC1S(=O)(=O)c1ccc(F)cc1. The van der Waals surface area contributed by atoms with Gasteiger partial charge in [-0.2, -0.15) is 0 Å². The van der Waals surface area contributed by atoms with Crippen LogP contribution in [0.4, 0.5) is 4.39 Å². The van der Waals surface area contributed by atoms with Gasteiger partial charge in [-0.05, 0) is 44.2 Å². The van der Waals surface area contributed by atoms with Gasteiger partial charge in [0.1, 0.15) is 5.82 Å². The summed E-state index contributed by atoms with van der Waals surface area (Å²) in [6.07, 6.45) is 5.80. The summed E-state index contributed by atoms with van der Waals surface area (Å²) in [5.74, 6) is -0.410. The van der Waals surface area contributed by atoms with E-state index in [9.17, 15) is 12.8 Å². The first kappa shape index (κ1) is 15.4. The average molecular weight is 299 g/mol. The lowest BCUT2D eigenvalue weighted by molar-refractivity contribution is 0.405. The van der Waals surface area contributed by atoms with Crippen molar-refractivity contribution in [2.24, 2.45) is 0 Å². The smallest absolute Gasteiger partial charge is 0.182 e. The maximum atomic E-state index is 13.0. The van der Waals surface area contributed by atoms with Gasteiger partial charge in [0.25, 0.3) is 0 Å². The van der Waals surface area contributed by atoms with E-state index in [4.69, 9.17) is 0 Å². The van der Waals surface area contributed by atoms with Crippen LogP contribution in [0.25, 0.3) is 0 Å². The van der Waals surface area contributed by atoms with E-state index in [-0.39, 0.29) is 10.9 Å². The molecule has 2 atom stereocenters. The fourth-order valence-electron chi connectivity index (χ4n) is 2.95. The van der Waals surface area contributed by atoms with Crippen LogP contribution in [0.2, 0.25) is 0 Å². The van der Waals surface area contributed by atoms with E-state index in [0.29, 0.717) is 6.42 Å². The maximum absolute atomic E-state index is 13.0. The van der Waals surface area contributed by atoms with E-state index < -0.39 is 20.9 Å². The van der Waals surface area contributed by atoms with Crippen LogP contribution in [0.5, 0.6) is 0 Å². The summed E-state index contributed by atoms with van der Waals surface area (Å²) in [7, 11) is -1.59. The average Bonchev–Trinajstić information content (AvgIpc) is 2.39. The summed E-state index contributed by atoms with van der Waals surface area (Å²) >= 11 is 0. The van der Waals surface area contributed by atoms with Gasteiger partial charge in [0.05, 0.1) is 10.1 Å². The summed E-state index contributed by atoms with van der Waals surface area (Å²) < 4.78 is 38.5. The summed E-state index contributed by atoms with van der Waals surface area (Å²) in [6.45, 7) is 0. The number of hydrogen-bond acceptors (Lipinski definition) is 3. The van der Waals surface area contributed by atoms with Crippen LogP contribution in [0.3, 0.4) is 0 Å². The van der Waals surface area contributed by atoms with Crippen molar-refractivity contribution < 1.29 is 12.8 Å².